The highest BCUT2D eigenvalue weighted by atomic mass is 32.1. The second kappa shape index (κ2) is 7.87. The Hall–Kier alpha value is -2.21. The minimum atomic E-state index is -0.403. The number of thiophene rings is 1. The van der Waals surface area contributed by atoms with E-state index in [1.54, 1.807) is 23.3 Å². The number of hydrogen-bond acceptors (Lipinski definition) is 3. The first kappa shape index (κ1) is 17.1. The molecule has 2 amide bonds. The molecular formula is C17H19FN2O2S. The van der Waals surface area contributed by atoms with E-state index in [-0.39, 0.29) is 18.5 Å². The van der Waals surface area contributed by atoms with E-state index in [2.05, 4.69) is 5.32 Å². The molecule has 0 unspecified atom stereocenters. The second-order valence-corrected chi connectivity index (χ2v) is 6.36. The average molecular weight is 334 g/mol. The van der Waals surface area contributed by atoms with Crippen molar-refractivity contribution in [1.29, 1.82) is 0 Å². The summed E-state index contributed by atoms with van der Waals surface area (Å²) >= 11 is 1.66. The Kier molecular flexibility index (Phi) is 5.87. The van der Waals surface area contributed by atoms with Crippen molar-refractivity contribution in [2.24, 2.45) is 0 Å². The number of halogens is 1. The van der Waals surface area contributed by atoms with E-state index < -0.39 is 11.7 Å². The van der Waals surface area contributed by atoms with Gasteiger partial charge in [-0.1, -0.05) is 6.07 Å². The van der Waals surface area contributed by atoms with Gasteiger partial charge in [0.05, 0.1) is 6.54 Å². The van der Waals surface area contributed by atoms with Crippen LogP contribution in [0.1, 0.15) is 22.2 Å². The van der Waals surface area contributed by atoms with Gasteiger partial charge in [-0.15, -0.1) is 11.3 Å². The predicted molar refractivity (Wildman–Crippen MR) is 89.0 cm³/mol. The zero-order valence-corrected chi connectivity index (χ0v) is 13.9. The standard InChI is InChI=1S/C17H19FN2O2S/c1-12(10-15-4-3-9-23-15)20(2)16(21)11-19-17(22)13-5-7-14(18)8-6-13/h3-9,12H,10-11H2,1-2H3,(H,19,22)/t12-/m1/s1. The van der Waals surface area contributed by atoms with Gasteiger partial charge >= 0.3 is 0 Å². The maximum absolute atomic E-state index is 12.8. The van der Waals surface area contributed by atoms with Crippen LogP contribution in [0.15, 0.2) is 41.8 Å². The van der Waals surface area contributed by atoms with Gasteiger partial charge in [-0.05, 0) is 42.6 Å². The monoisotopic (exact) mass is 334 g/mol. The number of hydrogen-bond donors (Lipinski definition) is 1. The molecule has 0 saturated heterocycles. The molecule has 1 heterocycles. The van der Waals surface area contributed by atoms with Crippen LogP contribution in [0.2, 0.25) is 0 Å². The van der Waals surface area contributed by atoms with Gasteiger partial charge in [0.2, 0.25) is 5.91 Å². The number of rotatable bonds is 6. The molecule has 0 aliphatic rings. The molecule has 0 saturated carbocycles. The zero-order valence-electron chi connectivity index (χ0n) is 13.1. The Balaban J connectivity index is 1.83. The number of amides is 2. The molecule has 0 radical (unpaired) electrons. The predicted octanol–water partition coefficient (Wildman–Crippen LogP) is 2.71. The van der Waals surface area contributed by atoms with Crippen LogP contribution in [-0.2, 0) is 11.2 Å². The van der Waals surface area contributed by atoms with Gasteiger partial charge in [0.1, 0.15) is 5.82 Å². The molecule has 0 fully saturated rings. The summed E-state index contributed by atoms with van der Waals surface area (Å²) in [5.41, 5.74) is 0.327. The summed E-state index contributed by atoms with van der Waals surface area (Å²) in [5.74, 6) is -0.957. The fourth-order valence-electron chi connectivity index (χ4n) is 2.09. The Morgan fingerprint density at radius 3 is 2.57 bits per heavy atom. The highest BCUT2D eigenvalue weighted by Gasteiger charge is 2.17. The third-order valence-corrected chi connectivity index (χ3v) is 4.54. The molecule has 4 nitrogen and oxygen atoms in total. The first-order valence-electron chi connectivity index (χ1n) is 7.29. The van der Waals surface area contributed by atoms with Crippen molar-refractivity contribution in [2.45, 2.75) is 19.4 Å². The molecule has 0 bridgehead atoms. The van der Waals surface area contributed by atoms with Gasteiger partial charge in [-0.25, -0.2) is 4.39 Å². The number of carbonyl (C=O) groups excluding carboxylic acids is 2. The van der Waals surface area contributed by atoms with Crippen LogP contribution in [0.5, 0.6) is 0 Å². The minimum absolute atomic E-state index is 0.0453. The van der Waals surface area contributed by atoms with Gasteiger partial charge in [-0.3, -0.25) is 9.59 Å². The molecule has 0 aliphatic carbocycles. The Morgan fingerprint density at radius 1 is 1.26 bits per heavy atom. The summed E-state index contributed by atoms with van der Waals surface area (Å²) in [5, 5.41) is 4.57. The molecule has 2 rings (SSSR count). The summed E-state index contributed by atoms with van der Waals surface area (Å²) in [6.45, 7) is 1.89. The summed E-state index contributed by atoms with van der Waals surface area (Å²) in [4.78, 5) is 26.9. The van der Waals surface area contributed by atoms with E-state index in [4.69, 9.17) is 0 Å². The van der Waals surface area contributed by atoms with E-state index >= 15 is 0 Å². The third kappa shape index (κ3) is 4.89. The first-order chi connectivity index (χ1) is 11.0. The number of nitrogens with one attached hydrogen (secondary N) is 1. The Morgan fingerprint density at radius 2 is 1.96 bits per heavy atom. The lowest BCUT2D eigenvalue weighted by Crippen LogP contribution is -2.42. The smallest absolute Gasteiger partial charge is 0.251 e. The SMILES string of the molecule is C[C@H](Cc1cccs1)N(C)C(=O)CNC(=O)c1ccc(F)cc1. The van der Waals surface area contributed by atoms with E-state index in [1.165, 1.54) is 29.1 Å². The van der Waals surface area contributed by atoms with Crippen LogP contribution in [0, 0.1) is 5.82 Å². The fraction of sp³-hybridized carbons (Fsp3) is 0.294. The molecule has 2 aromatic rings. The van der Waals surface area contributed by atoms with Gasteiger partial charge < -0.3 is 10.2 Å². The lowest BCUT2D eigenvalue weighted by atomic mass is 10.2. The molecule has 1 aromatic carbocycles. The normalized spacial score (nSPS) is 11.8. The van der Waals surface area contributed by atoms with Gasteiger partial charge in [0.25, 0.3) is 5.91 Å². The summed E-state index contributed by atoms with van der Waals surface area (Å²) in [6.07, 6.45) is 0.784. The summed E-state index contributed by atoms with van der Waals surface area (Å²) < 4.78 is 12.8. The lowest BCUT2D eigenvalue weighted by molar-refractivity contribution is -0.130. The lowest BCUT2D eigenvalue weighted by Gasteiger charge is -2.24. The molecular weight excluding hydrogens is 315 g/mol. The van der Waals surface area contributed by atoms with E-state index in [0.717, 1.165) is 6.42 Å². The van der Waals surface area contributed by atoms with Crippen molar-refractivity contribution < 1.29 is 14.0 Å². The summed E-state index contributed by atoms with van der Waals surface area (Å²) in [6, 6.07) is 9.27. The van der Waals surface area contributed by atoms with Crippen LogP contribution in [0.3, 0.4) is 0 Å². The van der Waals surface area contributed by atoms with Crippen LogP contribution < -0.4 is 5.32 Å². The second-order valence-electron chi connectivity index (χ2n) is 5.33. The molecule has 0 spiro atoms. The van der Waals surface area contributed by atoms with Crippen LogP contribution in [0.25, 0.3) is 0 Å². The van der Waals surface area contributed by atoms with Crippen LogP contribution in [-0.4, -0.2) is 36.3 Å². The van der Waals surface area contributed by atoms with Gasteiger partial charge in [0.15, 0.2) is 0 Å². The Bertz CT molecular complexity index is 656. The van der Waals surface area contributed by atoms with Crippen molar-refractivity contribution in [2.75, 3.05) is 13.6 Å². The van der Waals surface area contributed by atoms with E-state index in [0.29, 0.717) is 5.56 Å². The molecule has 23 heavy (non-hydrogen) atoms. The molecule has 1 aromatic heterocycles. The molecule has 0 aliphatic heterocycles. The van der Waals surface area contributed by atoms with Gasteiger partial charge in [0, 0.05) is 30.0 Å². The van der Waals surface area contributed by atoms with Crippen molar-refractivity contribution in [3.05, 3.63) is 58.0 Å². The maximum atomic E-state index is 12.8. The third-order valence-electron chi connectivity index (χ3n) is 3.64. The van der Waals surface area contributed by atoms with Crippen LogP contribution in [0.4, 0.5) is 4.39 Å². The maximum Gasteiger partial charge on any atom is 0.251 e. The number of benzene rings is 1. The van der Waals surface area contributed by atoms with E-state index in [9.17, 15) is 14.0 Å². The average Bonchev–Trinajstić information content (AvgIpc) is 3.05. The number of carbonyl (C=O) groups is 2. The highest BCUT2D eigenvalue weighted by molar-refractivity contribution is 7.09. The topological polar surface area (TPSA) is 49.4 Å². The number of likely N-dealkylation sites (N-methyl/N-ethyl adjacent to an activating group) is 1. The zero-order chi connectivity index (χ0) is 16.8. The summed E-state index contributed by atoms with van der Waals surface area (Å²) in [7, 11) is 1.73. The molecule has 1 atom stereocenters. The van der Waals surface area contributed by atoms with Gasteiger partial charge in [-0.2, -0.15) is 0 Å². The quantitative estimate of drug-likeness (QED) is 0.883. The van der Waals surface area contributed by atoms with Crippen molar-refractivity contribution in [3.63, 3.8) is 0 Å². The molecule has 122 valence electrons. The number of nitrogens with zero attached hydrogens (tertiary/aromatic N) is 1. The fourth-order valence-corrected chi connectivity index (χ4v) is 2.91. The molecule has 6 heteroatoms. The van der Waals surface area contributed by atoms with Crippen molar-refractivity contribution in [1.82, 2.24) is 10.2 Å². The Labute approximate surface area is 138 Å². The minimum Gasteiger partial charge on any atom is -0.343 e. The first-order valence-corrected chi connectivity index (χ1v) is 8.17. The van der Waals surface area contributed by atoms with Crippen molar-refractivity contribution >= 4 is 23.2 Å². The molecule has 1 N–H and O–H groups in total. The van der Waals surface area contributed by atoms with Crippen LogP contribution >= 0.6 is 11.3 Å². The highest BCUT2D eigenvalue weighted by Crippen LogP contribution is 2.13. The van der Waals surface area contributed by atoms with Crippen molar-refractivity contribution in [3.8, 4) is 0 Å². The van der Waals surface area contributed by atoms with E-state index in [1.807, 2.05) is 24.4 Å². The largest absolute Gasteiger partial charge is 0.343 e.